The van der Waals surface area contributed by atoms with Crippen molar-refractivity contribution in [3.8, 4) is 0 Å². The molecule has 0 saturated carbocycles. The normalized spacial score (nSPS) is 12.1. The maximum Gasteiger partial charge on any atom is 0.328 e. The molecule has 0 aromatic carbocycles. The third kappa shape index (κ3) is 5.97. The van der Waals surface area contributed by atoms with E-state index in [1.165, 1.54) is 7.11 Å². The topological polar surface area (TPSA) is 76.1 Å². The minimum atomic E-state index is -0.400. The SMILES string of the molecule is CCCNc1nc(C)cc(NC(CC(C)C)C(=O)OC)n1. The van der Waals surface area contributed by atoms with Crippen molar-refractivity contribution in [2.75, 3.05) is 24.3 Å². The molecule has 0 saturated heterocycles. The Bertz CT molecular complexity index is 463. The Kier molecular flexibility index (Phi) is 6.91. The van der Waals surface area contributed by atoms with Gasteiger partial charge in [-0.1, -0.05) is 20.8 Å². The second-order valence-electron chi connectivity index (χ2n) is 5.49. The molecule has 0 radical (unpaired) electrons. The zero-order chi connectivity index (χ0) is 15.8. The minimum absolute atomic E-state index is 0.275. The summed E-state index contributed by atoms with van der Waals surface area (Å²) in [4.78, 5) is 20.6. The zero-order valence-corrected chi connectivity index (χ0v) is 13.6. The Balaban J connectivity index is 2.86. The van der Waals surface area contributed by atoms with E-state index in [2.05, 4.69) is 41.4 Å². The fourth-order valence-electron chi connectivity index (χ4n) is 1.96. The molecule has 0 bridgehead atoms. The van der Waals surface area contributed by atoms with Gasteiger partial charge < -0.3 is 15.4 Å². The Morgan fingerprint density at radius 1 is 1.38 bits per heavy atom. The van der Waals surface area contributed by atoms with Crippen molar-refractivity contribution < 1.29 is 9.53 Å². The van der Waals surface area contributed by atoms with Crippen LogP contribution in [0.2, 0.25) is 0 Å². The van der Waals surface area contributed by atoms with E-state index < -0.39 is 6.04 Å². The Morgan fingerprint density at radius 2 is 2.10 bits per heavy atom. The number of methoxy groups -OCH3 is 1. The van der Waals surface area contributed by atoms with Gasteiger partial charge in [-0.2, -0.15) is 4.98 Å². The largest absolute Gasteiger partial charge is 0.467 e. The van der Waals surface area contributed by atoms with E-state index in [1.54, 1.807) is 0 Å². The summed E-state index contributed by atoms with van der Waals surface area (Å²) >= 11 is 0. The van der Waals surface area contributed by atoms with Crippen molar-refractivity contribution in [2.45, 2.75) is 46.6 Å². The van der Waals surface area contributed by atoms with Crippen LogP contribution in [-0.2, 0) is 9.53 Å². The minimum Gasteiger partial charge on any atom is -0.467 e. The molecule has 0 aliphatic rings. The molecule has 1 rings (SSSR count). The van der Waals surface area contributed by atoms with Gasteiger partial charge in [0.05, 0.1) is 7.11 Å². The highest BCUT2D eigenvalue weighted by atomic mass is 16.5. The molecule has 6 heteroatoms. The molecule has 0 spiro atoms. The molecule has 0 aliphatic carbocycles. The summed E-state index contributed by atoms with van der Waals surface area (Å²) in [6, 6.07) is 1.43. The smallest absolute Gasteiger partial charge is 0.328 e. The summed E-state index contributed by atoms with van der Waals surface area (Å²) in [5, 5.41) is 6.31. The second kappa shape index (κ2) is 8.44. The van der Waals surface area contributed by atoms with Gasteiger partial charge in [0.15, 0.2) is 0 Å². The van der Waals surface area contributed by atoms with Gasteiger partial charge >= 0.3 is 5.97 Å². The third-order valence-electron chi connectivity index (χ3n) is 2.90. The Morgan fingerprint density at radius 3 is 2.67 bits per heavy atom. The summed E-state index contributed by atoms with van der Waals surface area (Å²) < 4.78 is 4.85. The summed E-state index contributed by atoms with van der Waals surface area (Å²) in [6.07, 6.45) is 1.69. The van der Waals surface area contributed by atoms with Crippen molar-refractivity contribution >= 4 is 17.7 Å². The van der Waals surface area contributed by atoms with Crippen LogP contribution in [-0.4, -0.2) is 35.6 Å². The lowest BCUT2D eigenvalue weighted by Gasteiger charge is -2.19. The number of nitrogens with one attached hydrogen (secondary N) is 2. The first-order chi connectivity index (χ1) is 9.96. The molecular weight excluding hydrogens is 268 g/mol. The van der Waals surface area contributed by atoms with E-state index in [4.69, 9.17) is 4.74 Å². The van der Waals surface area contributed by atoms with Crippen LogP contribution < -0.4 is 10.6 Å². The van der Waals surface area contributed by atoms with Gasteiger partial charge in [0.25, 0.3) is 0 Å². The molecule has 1 atom stereocenters. The lowest BCUT2D eigenvalue weighted by molar-refractivity contribution is -0.141. The lowest BCUT2D eigenvalue weighted by atomic mass is 10.0. The number of aromatic nitrogens is 2. The maximum absolute atomic E-state index is 11.8. The fourth-order valence-corrected chi connectivity index (χ4v) is 1.96. The summed E-state index contributed by atoms with van der Waals surface area (Å²) in [5.74, 6) is 1.31. The van der Waals surface area contributed by atoms with E-state index >= 15 is 0 Å². The molecular formula is C15H26N4O2. The number of carbonyl (C=O) groups is 1. The van der Waals surface area contributed by atoms with Gasteiger partial charge in [-0.3, -0.25) is 0 Å². The van der Waals surface area contributed by atoms with Crippen molar-refractivity contribution in [1.29, 1.82) is 0 Å². The predicted molar refractivity (Wildman–Crippen MR) is 84.4 cm³/mol. The van der Waals surface area contributed by atoms with Crippen LogP contribution in [0.3, 0.4) is 0 Å². The molecule has 1 aromatic heterocycles. The monoisotopic (exact) mass is 294 g/mol. The third-order valence-corrected chi connectivity index (χ3v) is 2.90. The van der Waals surface area contributed by atoms with E-state index in [1.807, 2.05) is 13.0 Å². The number of hydrogen-bond acceptors (Lipinski definition) is 6. The number of ether oxygens (including phenoxy) is 1. The van der Waals surface area contributed by atoms with Crippen LogP contribution in [0.25, 0.3) is 0 Å². The highest BCUT2D eigenvalue weighted by molar-refractivity contribution is 5.78. The lowest BCUT2D eigenvalue weighted by Crippen LogP contribution is -2.32. The first-order valence-electron chi connectivity index (χ1n) is 7.40. The standard InChI is InChI=1S/C15H26N4O2/c1-6-7-16-15-17-11(4)9-13(19-15)18-12(8-10(2)3)14(20)21-5/h9-10,12H,6-8H2,1-5H3,(H2,16,17,18,19). The first-order valence-corrected chi connectivity index (χ1v) is 7.40. The number of anilines is 2. The number of rotatable bonds is 8. The van der Waals surface area contributed by atoms with Crippen LogP contribution in [0.4, 0.5) is 11.8 Å². The Hall–Kier alpha value is -1.85. The van der Waals surface area contributed by atoms with Crippen molar-refractivity contribution in [1.82, 2.24) is 9.97 Å². The quantitative estimate of drug-likeness (QED) is 0.718. The van der Waals surface area contributed by atoms with Gasteiger partial charge in [0.1, 0.15) is 11.9 Å². The molecule has 21 heavy (non-hydrogen) atoms. The van der Waals surface area contributed by atoms with Gasteiger partial charge in [-0.25, -0.2) is 9.78 Å². The molecule has 1 heterocycles. The summed E-state index contributed by atoms with van der Waals surface area (Å²) in [5.41, 5.74) is 0.847. The van der Waals surface area contributed by atoms with Gasteiger partial charge in [0.2, 0.25) is 5.95 Å². The molecule has 1 aromatic rings. The number of esters is 1. The summed E-state index contributed by atoms with van der Waals surface area (Å²) in [6.45, 7) is 8.93. The summed E-state index contributed by atoms with van der Waals surface area (Å²) in [7, 11) is 1.40. The van der Waals surface area contributed by atoms with Crippen LogP contribution in [0.1, 0.15) is 39.3 Å². The Labute approximate surface area is 126 Å². The van der Waals surface area contributed by atoms with Gasteiger partial charge in [-0.15, -0.1) is 0 Å². The average molecular weight is 294 g/mol. The van der Waals surface area contributed by atoms with Crippen LogP contribution in [0, 0.1) is 12.8 Å². The number of aryl methyl sites for hydroxylation is 1. The maximum atomic E-state index is 11.8. The van der Waals surface area contributed by atoms with Crippen molar-refractivity contribution in [3.63, 3.8) is 0 Å². The number of nitrogens with zero attached hydrogens (tertiary/aromatic N) is 2. The van der Waals surface area contributed by atoms with E-state index in [0.29, 0.717) is 24.1 Å². The number of carbonyl (C=O) groups excluding carboxylic acids is 1. The van der Waals surface area contributed by atoms with Crippen molar-refractivity contribution in [2.24, 2.45) is 5.92 Å². The molecule has 2 N–H and O–H groups in total. The van der Waals surface area contributed by atoms with E-state index in [0.717, 1.165) is 18.7 Å². The van der Waals surface area contributed by atoms with E-state index in [9.17, 15) is 4.79 Å². The fraction of sp³-hybridized carbons (Fsp3) is 0.667. The van der Waals surface area contributed by atoms with E-state index in [-0.39, 0.29) is 5.97 Å². The van der Waals surface area contributed by atoms with Gasteiger partial charge in [0, 0.05) is 18.3 Å². The zero-order valence-electron chi connectivity index (χ0n) is 13.6. The number of hydrogen-bond donors (Lipinski definition) is 2. The van der Waals surface area contributed by atoms with Crippen LogP contribution in [0.5, 0.6) is 0 Å². The molecule has 0 aliphatic heterocycles. The highest BCUT2D eigenvalue weighted by Gasteiger charge is 2.21. The first kappa shape index (κ1) is 17.2. The van der Waals surface area contributed by atoms with Crippen LogP contribution >= 0.6 is 0 Å². The van der Waals surface area contributed by atoms with Gasteiger partial charge in [-0.05, 0) is 25.7 Å². The molecule has 0 amide bonds. The predicted octanol–water partition coefficient (Wildman–Crippen LogP) is 2.61. The van der Waals surface area contributed by atoms with Crippen molar-refractivity contribution in [3.05, 3.63) is 11.8 Å². The average Bonchev–Trinajstić information content (AvgIpc) is 2.42. The molecule has 0 fully saturated rings. The second-order valence-corrected chi connectivity index (χ2v) is 5.49. The molecule has 6 nitrogen and oxygen atoms in total. The van der Waals surface area contributed by atoms with Crippen LogP contribution in [0.15, 0.2) is 6.07 Å². The molecule has 118 valence electrons. The molecule has 1 unspecified atom stereocenters. The highest BCUT2D eigenvalue weighted by Crippen LogP contribution is 2.15.